The van der Waals surface area contributed by atoms with Gasteiger partial charge < -0.3 is 4.52 Å². The third-order valence-corrected chi connectivity index (χ3v) is 6.13. The summed E-state index contributed by atoms with van der Waals surface area (Å²) >= 11 is 12.3. The number of likely N-dealkylation sites (tertiary alicyclic amines) is 1. The second kappa shape index (κ2) is 7.82. The Labute approximate surface area is 174 Å². The largest absolute Gasteiger partial charge is 0.356 e. The van der Waals surface area contributed by atoms with E-state index in [1.807, 2.05) is 45.2 Å². The molecule has 4 rings (SSSR count). The predicted molar refractivity (Wildman–Crippen MR) is 111 cm³/mol. The van der Waals surface area contributed by atoms with Gasteiger partial charge in [-0.05, 0) is 57.9 Å². The molecule has 0 spiro atoms. The molecule has 146 valence electrons. The molecule has 7 heteroatoms. The lowest BCUT2D eigenvalue weighted by Gasteiger charge is -2.25. The van der Waals surface area contributed by atoms with Crippen LogP contribution in [0.15, 0.2) is 28.9 Å². The van der Waals surface area contributed by atoms with Crippen LogP contribution >= 0.6 is 23.2 Å². The van der Waals surface area contributed by atoms with Crippen LogP contribution in [0.1, 0.15) is 47.2 Å². The van der Waals surface area contributed by atoms with Crippen LogP contribution in [-0.2, 0) is 6.54 Å². The summed E-state index contributed by atoms with van der Waals surface area (Å²) in [5.41, 5.74) is 4.99. The number of halogens is 2. The SMILES string of the molecule is Cc1ncc(-c2onc(C)c2C)c([C@H]2CCCN2Cc2ccc(Cl)c(Cl)c2)n1. The molecule has 2 aromatic heterocycles. The normalized spacial score (nSPS) is 17.4. The zero-order chi connectivity index (χ0) is 19.8. The van der Waals surface area contributed by atoms with Crippen molar-refractivity contribution in [1.29, 1.82) is 0 Å². The van der Waals surface area contributed by atoms with E-state index in [0.717, 1.165) is 65.6 Å². The molecule has 28 heavy (non-hydrogen) atoms. The zero-order valence-electron chi connectivity index (χ0n) is 16.2. The van der Waals surface area contributed by atoms with E-state index in [1.165, 1.54) is 0 Å². The molecule has 1 atom stereocenters. The number of hydrogen-bond donors (Lipinski definition) is 0. The van der Waals surface area contributed by atoms with E-state index in [2.05, 4.69) is 15.0 Å². The highest BCUT2D eigenvalue weighted by atomic mass is 35.5. The van der Waals surface area contributed by atoms with Crippen molar-refractivity contribution in [2.24, 2.45) is 0 Å². The maximum atomic E-state index is 6.21. The van der Waals surface area contributed by atoms with Crippen LogP contribution in [0.5, 0.6) is 0 Å². The van der Waals surface area contributed by atoms with Gasteiger partial charge in [0.25, 0.3) is 0 Å². The number of nitrogens with zero attached hydrogens (tertiary/aromatic N) is 4. The standard InChI is InChI=1S/C21H22Cl2N4O/c1-12-13(2)26-28-21(12)16-10-24-14(3)25-20(16)19-5-4-8-27(19)11-15-6-7-17(22)18(23)9-15/h6-7,9-10,19H,4-5,8,11H2,1-3H3/t19-/m1/s1. The number of aromatic nitrogens is 3. The van der Waals surface area contributed by atoms with Gasteiger partial charge in [0.2, 0.25) is 0 Å². The average molecular weight is 417 g/mol. The molecule has 5 nitrogen and oxygen atoms in total. The first kappa shape index (κ1) is 19.4. The average Bonchev–Trinajstić information content (AvgIpc) is 3.25. The smallest absolute Gasteiger partial charge is 0.173 e. The first-order valence-electron chi connectivity index (χ1n) is 9.39. The fourth-order valence-corrected chi connectivity index (χ4v) is 4.10. The minimum absolute atomic E-state index is 0.191. The quantitative estimate of drug-likeness (QED) is 0.545. The minimum Gasteiger partial charge on any atom is -0.356 e. The molecule has 0 aliphatic carbocycles. The summed E-state index contributed by atoms with van der Waals surface area (Å²) in [6.45, 7) is 7.68. The van der Waals surface area contributed by atoms with Crippen LogP contribution in [0.25, 0.3) is 11.3 Å². The van der Waals surface area contributed by atoms with Crippen LogP contribution in [0.2, 0.25) is 10.0 Å². The van der Waals surface area contributed by atoms with Gasteiger partial charge in [-0.25, -0.2) is 9.97 Å². The molecule has 1 aromatic carbocycles. The number of rotatable bonds is 4. The molecule has 1 aliphatic heterocycles. The molecule has 1 fully saturated rings. The highest BCUT2D eigenvalue weighted by molar-refractivity contribution is 6.42. The van der Waals surface area contributed by atoms with E-state index >= 15 is 0 Å². The van der Waals surface area contributed by atoms with Crippen LogP contribution in [0.3, 0.4) is 0 Å². The summed E-state index contributed by atoms with van der Waals surface area (Å²) in [6, 6.07) is 6.01. The summed E-state index contributed by atoms with van der Waals surface area (Å²) in [5.74, 6) is 1.52. The van der Waals surface area contributed by atoms with Crippen molar-refractivity contribution in [3.63, 3.8) is 0 Å². The third kappa shape index (κ3) is 3.66. The highest BCUT2D eigenvalue weighted by Gasteiger charge is 2.31. The molecule has 1 saturated heterocycles. The van der Waals surface area contributed by atoms with Crippen molar-refractivity contribution in [2.75, 3.05) is 6.54 Å². The molecule has 0 amide bonds. The first-order valence-corrected chi connectivity index (χ1v) is 10.1. The van der Waals surface area contributed by atoms with Crippen molar-refractivity contribution in [3.8, 4) is 11.3 Å². The lowest BCUT2D eigenvalue weighted by Crippen LogP contribution is -2.24. The lowest BCUT2D eigenvalue weighted by atomic mass is 10.0. The Morgan fingerprint density at radius 1 is 1.18 bits per heavy atom. The molecule has 0 unspecified atom stereocenters. The fraction of sp³-hybridized carbons (Fsp3) is 0.381. The van der Waals surface area contributed by atoms with Crippen LogP contribution in [-0.4, -0.2) is 26.6 Å². The lowest BCUT2D eigenvalue weighted by molar-refractivity contribution is 0.244. The number of benzene rings is 1. The van der Waals surface area contributed by atoms with Gasteiger partial charge in [0.05, 0.1) is 33.0 Å². The molecule has 0 radical (unpaired) electrons. The van der Waals surface area contributed by atoms with Crippen LogP contribution in [0, 0.1) is 20.8 Å². The first-order chi connectivity index (χ1) is 13.4. The van der Waals surface area contributed by atoms with E-state index in [0.29, 0.717) is 10.0 Å². The molecule has 3 aromatic rings. The minimum atomic E-state index is 0.191. The van der Waals surface area contributed by atoms with Crippen molar-refractivity contribution in [2.45, 2.75) is 46.2 Å². The van der Waals surface area contributed by atoms with Crippen molar-refractivity contribution in [3.05, 3.63) is 62.8 Å². The molecule has 1 aliphatic rings. The second-order valence-corrected chi connectivity index (χ2v) is 8.13. The predicted octanol–water partition coefficient (Wildman–Crippen LogP) is 5.70. The Balaban J connectivity index is 1.70. The molecule has 0 saturated carbocycles. The fourth-order valence-electron chi connectivity index (χ4n) is 3.78. The Bertz CT molecular complexity index is 1020. The van der Waals surface area contributed by atoms with Gasteiger partial charge in [-0.3, -0.25) is 4.90 Å². The molecule has 3 heterocycles. The summed E-state index contributed by atoms with van der Waals surface area (Å²) in [4.78, 5) is 11.7. The van der Waals surface area contributed by atoms with Gasteiger partial charge in [0, 0.05) is 18.3 Å². The number of aryl methyl sites for hydroxylation is 2. The Morgan fingerprint density at radius 3 is 2.71 bits per heavy atom. The van der Waals surface area contributed by atoms with Crippen molar-refractivity contribution >= 4 is 23.2 Å². The monoisotopic (exact) mass is 416 g/mol. The summed E-state index contributed by atoms with van der Waals surface area (Å²) in [5, 5.41) is 5.28. The van der Waals surface area contributed by atoms with Gasteiger partial charge in [-0.2, -0.15) is 0 Å². The third-order valence-electron chi connectivity index (χ3n) is 5.39. The molecule has 0 N–H and O–H groups in total. The van der Waals surface area contributed by atoms with E-state index in [4.69, 9.17) is 32.7 Å². The maximum absolute atomic E-state index is 6.21. The summed E-state index contributed by atoms with van der Waals surface area (Å²) < 4.78 is 5.62. The Hall–Kier alpha value is -1.95. The Kier molecular flexibility index (Phi) is 5.41. The van der Waals surface area contributed by atoms with Crippen LogP contribution < -0.4 is 0 Å². The van der Waals surface area contributed by atoms with Gasteiger partial charge in [-0.1, -0.05) is 34.4 Å². The number of hydrogen-bond acceptors (Lipinski definition) is 5. The molecular weight excluding hydrogens is 395 g/mol. The summed E-state index contributed by atoms with van der Waals surface area (Å²) in [7, 11) is 0. The van der Waals surface area contributed by atoms with E-state index in [-0.39, 0.29) is 6.04 Å². The molecular formula is C21H22Cl2N4O. The van der Waals surface area contributed by atoms with E-state index < -0.39 is 0 Å². The molecule has 0 bridgehead atoms. The summed E-state index contributed by atoms with van der Waals surface area (Å²) in [6.07, 6.45) is 4.01. The Morgan fingerprint density at radius 2 is 2.00 bits per heavy atom. The van der Waals surface area contributed by atoms with Gasteiger partial charge >= 0.3 is 0 Å². The van der Waals surface area contributed by atoms with Crippen LogP contribution in [0.4, 0.5) is 0 Å². The highest BCUT2D eigenvalue weighted by Crippen LogP contribution is 2.38. The van der Waals surface area contributed by atoms with Crippen molar-refractivity contribution < 1.29 is 4.52 Å². The second-order valence-electron chi connectivity index (χ2n) is 7.32. The van der Waals surface area contributed by atoms with E-state index in [9.17, 15) is 0 Å². The maximum Gasteiger partial charge on any atom is 0.173 e. The zero-order valence-corrected chi connectivity index (χ0v) is 17.7. The van der Waals surface area contributed by atoms with Gasteiger partial charge in [-0.15, -0.1) is 0 Å². The van der Waals surface area contributed by atoms with E-state index in [1.54, 1.807) is 0 Å². The van der Waals surface area contributed by atoms with Gasteiger partial charge in [0.1, 0.15) is 5.82 Å². The topological polar surface area (TPSA) is 55.1 Å². The van der Waals surface area contributed by atoms with Gasteiger partial charge in [0.15, 0.2) is 5.76 Å². The van der Waals surface area contributed by atoms with Crippen molar-refractivity contribution in [1.82, 2.24) is 20.0 Å².